The monoisotopic (exact) mass is 482 g/mol. The first-order valence-electron chi connectivity index (χ1n) is 11.3. The Morgan fingerprint density at radius 1 is 1.20 bits per heavy atom. The highest BCUT2D eigenvalue weighted by Crippen LogP contribution is 2.34. The van der Waals surface area contributed by atoms with Gasteiger partial charge in [0.15, 0.2) is 11.6 Å². The van der Waals surface area contributed by atoms with Crippen molar-refractivity contribution >= 4 is 17.7 Å². The van der Waals surface area contributed by atoms with Gasteiger partial charge in [-0.05, 0) is 26.0 Å². The van der Waals surface area contributed by atoms with Gasteiger partial charge in [-0.25, -0.2) is 19.9 Å². The Bertz CT molecular complexity index is 1170. The normalized spacial score (nSPS) is 13.2. The molecular formula is C24H34N8O3. The molecule has 0 saturated heterocycles. The maximum atomic E-state index is 12.0. The minimum Gasteiger partial charge on any atom is -0.493 e. The van der Waals surface area contributed by atoms with E-state index in [0.717, 1.165) is 17.1 Å². The summed E-state index contributed by atoms with van der Waals surface area (Å²) in [7, 11) is 3.04. The van der Waals surface area contributed by atoms with Crippen LogP contribution in [0.3, 0.4) is 0 Å². The molecule has 3 heterocycles. The summed E-state index contributed by atoms with van der Waals surface area (Å²) >= 11 is 0. The topological polar surface area (TPSA) is 153 Å². The highest BCUT2D eigenvalue weighted by molar-refractivity contribution is 5.80. The van der Waals surface area contributed by atoms with Crippen molar-refractivity contribution in [1.29, 1.82) is 0 Å². The first-order valence-corrected chi connectivity index (χ1v) is 11.3. The van der Waals surface area contributed by atoms with Crippen LogP contribution in [0.15, 0.2) is 24.5 Å². The highest BCUT2D eigenvalue weighted by Gasteiger charge is 2.24. The van der Waals surface area contributed by atoms with Gasteiger partial charge in [-0.2, -0.15) is 0 Å². The summed E-state index contributed by atoms with van der Waals surface area (Å²) < 4.78 is 10.4. The largest absolute Gasteiger partial charge is 0.493 e. The zero-order valence-corrected chi connectivity index (χ0v) is 21.3. The molecule has 0 aliphatic carbocycles. The van der Waals surface area contributed by atoms with E-state index in [1.165, 1.54) is 7.11 Å². The molecule has 0 aromatic carbocycles. The number of ether oxygens (including phenoxy) is 2. The number of carbonyl (C=O) groups excluding carboxylic acids is 1. The molecule has 0 saturated carbocycles. The van der Waals surface area contributed by atoms with E-state index in [1.54, 1.807) is 32.5 Å². The van der Waals surface area contributed by atoms with Crippen LogP contribution in [-0.2, 0) is 14.9 Å². The lowest BCUT2D eigenvalue weighted by Crippen LogP contribution is -2.42. The summed E-state index contributed by atoms with van der Waals surface area (Å²) in [5.41, 5.74) is 8.49. The molecule has 3 rings (SSSR count). The lowest BCUT2D eigenvalue weighted by Gasteiger charge is -2.17. The quantitative estimate of drug-likeness (QED) is 0.360. The minimum atomic E-state index is -0.519. The molecule has 2 atom stereocenters. The fourth-order valence-electron chi connectivity index (χ4n) is 3.22. The number of nitrogens with zero attached hydrogens (tertiary/aromatic N) is 4. The number of hydrogen-bond acceptors (Lipinski definition) is 9. The van der Waals surface area contributed by atoms with Crippen molar-refractivity contribution in [2.75, 3.05) is 31.8 Å². The number of aromatic amines is 1. The fraction of sp³-hybridized carbons (Fsp3) is 0.458. The summed E-state index contributed by atoms with van der Waals surface area (Å²) in [4.78, 5) is 33.6. The van der Waals surface area contributed by atoms with Gasteiger partial charge in [0.25, 0.3) is 0 Å². The van der Waals surface area contributed by atoms with Gasteiger partial charge in [0.2, 0.25) is 11.9 Å². The smallest absolute Gasteiger partial charge is 0.249 e. The SMILES string of the molecule is COc1cc(-c2nc(C(C)(C)C)[nH]c2-c2ccnc(NC[C@H](C)NC(=O)[C@H](C)OC)n2)cnc1N. The highest BCUT2D eigenvalue weighted by atomic mass is 16.5. The van der Waals surface area contributed by atoms with Crippen LogP contribution < -0.4 is 21.1 Å². The fourth-order valence-corrected chi connectivity index (χ4v) is 3.22. The lowest BCUT2D eigenvalue weighted by molar-refractivity contribution is -0.130. The van der Waals surface area contributed by atoms with Crippen LogP contribution in [0.1, 0.15) is 40.4 Å². The maximum absolute atomic E-state index is 12.0. The van der Waals surface area contributed by atoms with Crippen molar-refractivity contribution in [3.05, 3.63) is 30.4 Å². The van der Waals surface area contributed by atoms with Gasteiger partial charge in [0, 0.05) is 43.1 Å². The van der Waals surface area contributed by atoms with Crippen LogP contribution >= 0.6 is 0 Å². The van der Waals surface area contributed by atoms with Gasteiger partial charge in [0.1, 0.15) is 11.9 Å². The molecule has 0 unspecified atom stereocenters. The number of rotatable bonds is 9. The molecule has 11 nitrogen and oxygen atoms in total. The van der Waals surface area contributed by atoms with Crippen molar-refractivity contribution in [3.63, 3.8) is 0 Å². The number of H-pyrrole nitrogens is 1. The number of nitrogens with one attached hydrogen (secondary N) is 3. The van der Waals surface area contributed by atoms with E-state index in [-0.39, 0.29) is 17.4 Å². The zero-order chi connectivity index (χ0) is 25.8. The second-order valence-electron chi connectivity index (χ2n) is 9.30. The maximum Gasteiger partial charge on any atom is 0.249 e. The molecule has 5 N–H and O–H groups in total. The molecular weight excluding hydrogens is 448 g/mol. The summed E-state index contributed by atoms with van der Waals surface area (Å²) in [5, 5.41) is 6.06. The molecule has 0 aliphatic rings. The number of hydrogen-bond donors (Lipinski definition) is 4. The van der Waals surface area contributed by atoms with Gasteiger partial charge in [0.05, 0.1) is 24.2 Å². The second kappa shape index (κ2) is 10.7. The number of carbonyl (C=O) groups is 1. The van der Waals surface area contributed by atoms with E-state index in [2.05, 4.69) is 51.3 Å². The van der Waals surface area contributed by atoms with Gasteiger partial charge in [-0.15, -0.1) is 0 Å². The average Bonchev–Trinajstić information content (AvgIpc) is 3.29. The number of aromatic nitrogens is 5. The van der Waals surface area contributed by atoms with Crippen LogP contribution in [0.2, 0.25) is 0 Å². The number of pyridine rings is 1. The number of amides is 1. The minimum absolute atomic E-state index is 0.157. The predicted octanol–water partition coefficient (Wildman–Crippen LogP) is 2.77. The van der Waals surface area contributed by atoms with E-state index in [0.29, 0.717) is 35.4 Å². The molecule has 3 aromatic heterocycles. The van der Waals surface area contributed by atoms with Crippen molar-refractivity contribution in [2.45, 2.75) is 52.2 Å². The third kappa shape index (κ3) is 6.24. The Kier molecular flexibility index (Phi) is 7.90. The predicted molar refractivity (Wildman–Crippen MR) is 135 cm³/mol. The number of nitrogens with two attached hydrogens (primary N) is 1. The standard InChI is InChI=1S/C24H34N8O3/c1-13(29-21(33)14(2)34-6)11-28-23-26-9-8-16(30-23)19-18(31-22(32-19)24(3,4)5)15-10-17(35-7)20(25)27-12-15/h8-10,12-14H,11H2,1-7H3,(H2,25,27)(H,29,33)(H,31,32)(H,26,28,30)/t13-,14-/m0/s1. The Balaban J connectivity index is 1.90. The van der Waals surface area contributed by atoms with Gasteiger partial charge in [-0.1, -0.05) is 20.8 Å². The van der Waals surface area contributed by atoms with Crippen molar-refractivity contribution in [2.24, 2.45) is 0 Å². The Hall–Kier alpha value is -3.73. The van der Waals surface area contributed by atoms with E-state index in [9.17, 15) is 4.79 Å². The van der Waals surface area contributed by atoms with Gasteiger partial charge < -0.3 is 30.8 Å². The Morgan fingerprint density at radius 2 is 1.94 bits per heavy atom. The van der Waals surface area contributed by atoms with Crippen LogP contribution in [0, 0.1) is 0 Å². The Labute approximate surface area is 205 Å². The molecule has 35 heavy (non-hydrogen) atoms. The van der Waals surface area contributed by atoms with Crippen LogP contribution in [0.5, 0.6) is 5.75 Å². The van der Waals surface area contributed by atoms with Crippen LogP contribution in [-0.4, -0.2) is 63.7 Å². The lowest BCUT2D eigenvalue weighted by atomic mass is 9.96. The number of nitrogen functional groups attached to an aromatic ring is 1. The molecule has 3 aromatic rings. The van der Waals surface area contributed by atoms with Crippen molar-refractivity contribution in [3.8, 4) is 28.4 Å². The van der Waals surface area contributed by atoms with Crippen LogP contribution in [0.4, 0.5) is 11.8 Å². The van der Waals surface area contributed by atoms with Crippen molar-refractivity contribution in [1.82, 2.24) is 30.2 Å². The Morgan fingerprint density at radius 3 is 2.60 bits per heavy atom. The summed E-state index contributed by atoms with van der Waals surface area (Å²) in [6.45, 7) is 10.3. The third-order valence-electron chi connectivity index (χ3n) is 5.38. The number of imidazole rings is 1. The summed E-state index contributed by atoms with van der Waals surface area (Å²) in [5.74, 6) is 1.82. The summed E-state index contributed by atoms with van der Waals surface area (Å²) in [6.07, 6.45) is 2.81. The molecule has 188 valence electrons. The van der Waals surface area contributed by atoms with Crippen LogP contribution in [0.25, 0.3) is 22.6 Å². The third-order valence-corrected chi connectivity index (χ3v) is 5.38. The molecule has 1 amide bonds. The average molecular weight is 483 g/mol. The summed E-state index contributed by atoms with van der Waals surface area (Å²) in [6, 6.07) is 3.46. The molecule has 11 heteroatoms. The van der Waals surface area contributed by atoms with Gasteiger partial charge in [-0.3, -0.25) is 4.79 Å². The van der Waals surface area contributed by atoms with E-state index in [1.807, 2.05) is 13.0 Å². The van der Waals surface area contributed by atoms with E-state index in [4.69, 9.17) is 20.2 Å². The molecule has 0 fully saturated rings. The first-order chi connectivity index (χ1) is 16.5. The molecule has 0 spiro atoms. The van der Waals surface area contributed by atoms with E-state index >= 15 is 0 Å². The molecule has 0 bridgehead atoms. The van der Waals surface area contributed by atoms with E-state index < -0.39 is 6.10 Å². The van der Waals surface area contributed by atoms with Gasteiger partial charge >= 0.3 is 0 Å². The molecule has 0 aliphatic heterocycles. The number of methoxy groups -OCH3 is 2. The number of anilines is 2. The second-order valence-corrected chi connectivity index (χ2v) is 9.30. The van der Waals surface area contributed by atoms with Crippen molar-refractivity contribution < 1.29 is 14.3 Å². The molecule has 0 radical (unpaired) electrons. The first kappa shape index (κ1) is 25.9. The zero-order valence-electron chi connectivity index (χ0n) is 21.3.